The van der Waals surface area contributed by atoms with Crippen LogP contribution in [0.3, 0.4) is 0 Å². The van der Waals surface area contributed by atoms with E-state index in [2.05, 4.69) is 44.2 Å². The Kier molecular flexibility index (Phi) is 3.43. The molecule has 1 heteroatoms. The third kappa shape index (κ3) is 2.29. The highest BCUT2D eigenvalue weighted by molar-refractivity contribution is 6.00. The summed E-state index contributed by atoms with van der Waals surface area (Å²) in [6.07, 6.45) is 1.98. The second-order valence-corrected chi connectivity index (χ2v) is 5.87. The monoisotopic (exact) mass is 264 g/mol. The van der Waals surface area contributed by atoms with Crippen LogP contribution in [0.25, 0.3) is 0 Å². The van der Waals surface area contributed by atoms with Crippen LogP contribution in [0.2, 0.25) is 0 Å². The third-order valence-electron chi connectivity index (χ3n) is 4.55. The molecule has 0 N–H and O–H groups in total. The van der Waals surface area contributed by atoms with Crippen molar-refractivity contribution in [2.75, 3.05) is 0 Å². The Morgan fingerprint density at radius 3 is 2.50 bits per heavy atom. The average Bonchev–Trinajstić information content (AvgIpc) is 2.48. The lowest BCUT2D eigenvalue weighted by Gasteiger charge is -2.28. The van der Waals surface area contributed by atoms with Gasteiger partial charge in [0.2, 0.25) is 0 Å². The zero-order chi connectivity index (χ0) is 14.1. The van der Waals surface area contributed by atoms with E-state index in [1.54, 1.807) is 0 Å². The predicted molar refractivity (Wildman–Crippen MR) is 82.2 cm³/mol. The molecule has 0 aliphatic heterocycles. The summed E-state index contributed by atoms with van der Waals surface area (Å²) in [5, 5.41) is 0. The van der Waals surface area contributed by atoms with E-state index in [4.69, 9.17) is 0 Å². The molecule has 0 unspecified atom stereocenters. The molecule has 1 aliphatic carbocycles. The lowest BCUT2D eigenvalue weighted by molar-refractivity contribution is 0.0884. The topological polar surface area (TPSA) is 17.1 Å². The van der Waals surface area contributed by atoms with Crippen LogP contribution in [0.5, 0.6) is 0 Å². The molecular formula is C19H20O. The number of carbonyl (C=O) groups is 1. The summed E-state index contributed by atoms with van der Waals surface area (Å²) in [6.45, 7) is 4.28. The number of aryl methyl sites for hydroxylation is 2. The summed E-state index contributed by atoms with van der Waals surface area (Å²) in [7, 11) is 0. The molecule has 0 saturated heterocycles. The fourth-order valence-electron chi connectivity index (χ4n) is 3.20. The van der Waals surface area contributed by atoms with E-state index in [1.807, 2.05) is 18.2 Å². The minimum Gasteiger partial charge on any atom is -0.294 e. The van der Waals surface area contributed by atoms with Gasteiger partial charge in [-0.05, 0) is 36.8 Å². The molecule has 0 radical (unpaired) electrons. The van der Waals surface area contributed by atoms with E-state index in [9.17, 15) is 4.79 Å². The van der Waals surface area contributed by atoms with Gasteiger partial charge in [0.1, 0.15) is 0 Å². The first-order valence-corrected chi connectivity index (χ1v) is 7.35. The van der Waals surface area contributed by atoms with Crippen molar-refractivity contribution in [1.82, 2.24) is 0 Å². The maximum atomic E-state index is 12.7. The van der Waals surface area contributed by atoms with E-state index in [1.165, 1.54) is 16.7 Å². The van der Waals surface area contributed by atoms with Gasteiger partial charge in [-0.1, -0.05) is 61.0 Å². The van der Waals surface area contributed by atoms with Crippen molar-refractivity contribution in [1.29, 1.82) is 0 Å². The van der Waals surface area contributed by atoms with Gasteiger partial charge in [-0.3, -0.25) is 4.79 Å². The first-order chi connectivity index (χ1) is 9.66. The molecule has 1 nitrogen and oxygen atoms in total. The van der Waals surface area contributed by atoms with Crippen LogP contribution in [0.4, 0.5) is 0 Å². The van der Waals surface area contributed by atoms with Crippen molar-refractivity contribution in [2.45, 2.75) is 32.6 Å². The van der Waals surface area contributed by atoms with Crippen molar-refractivity contribution in [3.05, 3.63) is 70.8 Å². The number of hydrogen-bond acceptors (Lipinski definition) is 1. The van der Waals surface area contributed by atoms with Crippen LogP contribution < -0.4 is 0 Å². The fourth-order valence-corrected chi connectivity index (χ4v) is 3.20. The number of rotatable bonds is 2. The number of hydrogen-bond donors (Lipinski definition) is 0. The first-order valence-electron chi connectivity index (χ1n) is 7.35. The van der Waals surface area contributed by atoms with E-state index in [-0.39, 0.29) is 11.8 Å². The molecule has 0 aromatic heterocycles. The molecule has 0 spiro atoms. The smallest absolute Gasteiger partial charge is 0.166 e. The molecule has 0 amide bonds. The molecule has 0 heterocycles. The van der Waals surface area contributed by atoms with Gasteiger partial charge in [0.25, 0.3) is 0 Å². The van der Waals surface area contributed by atoms with Gasteiger partial charge >= 0.3 is 0 Å². The summed E-state index contributed by atoms with van der Waals surface area (Å²) in [6, 6.07) is 16.6. The average molecular weight is 264 g/mol. The van der Waals surface area contributed by atoms with Crippen LogP contribution >= 0.6 is 0 Å². The molecule has 20 heavy (non-hydrogen) atoms. The molecule has 2 aromatic carbocycles. The number of carbonyl (C=O) groups excluding carboxylic acids is 1. The van der Waals surface area contributed by atoms with Gasteiger partial charge < -0.3 is 0 Å². The SMILES string of the molecule is Cc1ccc([C@H](C)[C@@H]2CCc3ccccc3C2=O)cc1. The summed E-state index contributed by atoms with van der Waals surface area (Å²) in [5.74, 6) is 0.726. The lowest BCUT2D eigenvalue weighted by Crippen LogP contribution is -2.26. The standard InChI is InChI=1S/C19H20O/c1-13-7-9-15(10-8-13)14(2)17-12-11-16-5-3-4-6-18(16)19(17)20/h3-10,14,17H,11-12H2,1-2H3/t14-,17-/m0/s1. The van der Waals surface area contributed by atoms with Crippen molar-refractivity contribution in [3.63, 3.8) is 0 Å². The summed E-state index contributed by atoms with van der Waals surface area (Å²) in [5.41, 5.74) is 4.68. The Hall–Kier alpha value is -1.89. The number of Topliss-reactive ketones (excluding diaryl/α,β-unsaturated/α-hetero) is 1. The highest BCUT2D eigenvalue weighted by Crippen LogP contribution is 2.35. The molecule has 1 aliphatic rings. The van der Waals surface area contributed by atoms with Crippen molar-refractivity contribution in [3.8, 4) is 0 Å². The molecule has 0 fully saturated rings. The molecule has 2 atom stereocenters. The lowest BCUT2D eigenvalue weighted by atomic mass is 9.74. The molecular weight excluding hydrogens is 244 g/mol. The van der Waals surface area contributed by atoms with E-state index in [0.29, 0.717) is 5.78 Å². The van der Waals surface area contributed by atoms with E-state index >= 15 is 0 Å². The third-order valence-corrected chi connectivity index (χ3v) is 4.55. The Balaban J connectivity index is 1.89. The maximum absolute atomic E-state index is 12.7. The Morgan fingerprint density at radius 2 is 1.75 bits per heavy atom. The number of ketones is 1. The highest BCUT2D eigenvalue weighted by atomic mass is 16.1. The molecule has 2 aromatic rings. The molecule has 3 rings (SSSR count). The van der Waals surface area contributed by atoms with Gasteiger partial charge in [0.15, 0.2) is 5.78 Å². The van der Waals surface area contributed by atoms with Crippen LogP contribution in [-0.2, 0) is 6.42 Å². The largest absolute Gasteiger partial charge is 0.294 e. The van der Waals surface area contributed by atoms with Crippen LogP contribution in [0.1, 0.15) is 46.3 Å². The van der Waals surface area contributed by atoms with Gasteiger partial charge in [0.05, 0.1) is 0 Å². The van der Waals surface area contributed by atoms with Gasteiger partial charge in [-0.25, -0.2) is 0 Å². The second-order valence-electron chi connectivity index (χ2n) is 5.87. The van der Waals surface area contributed by atoms with Crippen molar-refractivity contribution < 1.29 is 4.79 Å². The predicted octanol–water partition coefficient (Wildman–Crippen LogP) is 4.54. The van der Waals surface area contributed by atoms with Crippen LogP contribution in [-0.4, -0.2) is 5.78 Å². The minimum absolute atomic E-state index is 0.118. The molecule has 0 saturated carbocycles. The normalized spacial score (nSPS) is 19.5. The van der Waals surface area contributed by atoms with Gasteiger partial charge in [0, 0.05) is 11.5 Å². The minimum atomic E-state index is 0.118. The quantitative estimate of drug-likeness (QED) is 0.778. The summed E-state index contributed by atoms with van der Waals surface area (Å²) in [4.78, 5) is 12.7. The van der Waals surface area contributed by atoms with Crippen molar-refractivity contribution >= 4 is 5.78 Å². The van der Waals surface area contributed by atoms with Gasteiger partial charge in [-0.15, -0.1) is 0 Å². The summed E-state index contributed by atoms with van der Waals surface area (Å²) >= 11 is 0. The Bertz CT molecular complexity index is 624. The van der Waals surface area contributed by atoms with E-state index < -0.39 is 0 Å². The number of fused-ring (bicyclic) bond motifs is 1. The highest BCUT2D eigenvalue weighted by Gasteiger charge is 2.31. The molecule has 0 bridgehead atoms. The molecule has 102 valence electrons. The fraction of sp³-hybridized carbons (Fsp3) is 0.316. The second kappa shape index (κ2) is 5.24. The maximum Gasteiger partial charge on any atom is 0.166 e. The zero-order valence-electron chi connectivity index (χ0n) is 12.1. The number of benzene rings is 2. The zero-order valence-corrected chi connectivity index (χ0v) is 12.1. The Morgan fingerprint density at radius 1 is 1.05 bits per heavy atom. The van der Waals surface area contributed by atoms with Gasteiger partial charge in [-0.2, -0.15) is 0 Å². The van der Waals surface area contributed by atoms with Crippen LogP contribution in [0, 0.1) is 12.8 Å². The van der Waals surface area contributed by atoms with Crippen LogP contribution in [0.15, 0.2) is 48.5 Å². The Labute approximate surface area is 120 Å². The van der Waals surface area contributed by atoms with E-state index in [0.717, 1.165) is 18.4 Å². The summed E-state index contributed by atoms with van der Waals surface area (Å²) < 4.78 is 0. The van der Waals surface area contributed by atoms with Crippen molar-refractivity contribution in [2.24, 2.45) is 5.92 Å². The first kappa shape index (κ1) is 13.1.